The molecule has 0 unspecified atom stereocenters. The Hall–Kier alpha value is -1.91. The number of imidazole rings is 1. The van der Waals surface area contributed by atoms with E-state index in [1.807, 2.05) is 19.4 Å². The Morgan fingerprint density at radius 1 is 1.15 bits per heavy atom. The van der Waals surface area contributed by atoms with Crippen LogP contribution in [-0.4, -0.2) is 26.6 Å². The molecule has 5 nitrogen and oxygen atoms in total. The molecular formula is C15H23N5. The summed E-state index contributed by atoms with van der Waals surface area (Å²) in [4.78, 5) is 13.3. The van der Waals surface area contributed by atoms with Crippen LogP contribution in [0.25, 0.3) is 0 Å². The van der Waals surface area contributed by atoms with Gasteiger partial charge in [0.05, 0.1) is 5.69 Å². The molecule has 0 amide bonds. The number of hydrogen-bond donors (Lipinski definition) is 1. The van der Waals surface area contributed by atoms with Crippen molar-refractivity contribution in [3.05, 3.63) is 35.8 Å². The lowest BCUT2D eigenvalue weighted by Gasteiger charge is -2.12. The van der Waals surface area contributed by atoms with Crippen LogP contribution >= 0.6 is 0 Å². The lowest BCUT2D eigenvalue weighted by molar-refractivity contribution is 0.643. The van der Waals surface area contributed by atoms with Crippen molar-refractivity contribution >= 4 is 5.82 Å². The van der Waals surface area contributed by atoms with E-state index in [-0.39, 0.29) is 0 Å². The third kappa shape index (κ3) is 3.15. The zero-order valence-electron chi connectivity index (χ0n) is 12.6. The SMILES string of the molecule is CCCc1c(Cc2nccn2CCC)ncnc1NC. The fourth-order valence-electron chi connectivity index (χ4n) is 2.43. The summed E-state index contributed by atoms with van der Waals surface area (Å²) in [5.41, 5.74) is 2.29. The number of hydrogen-bond acceptors (Lipinski definition) is 4. The van der Waals surface area contributed by atoms with E-state index in [0.717, 1.165) is 49.6 Å². The molecule has 0 bridgehead atoms. The van der Waals surface area contributed by atoms with Crippen LogP contribution in [0.4, 0.5) is 5.82 Å². The smallest absolute Gasteiger partial charge is 0.132 e. The molecule has 0 aliphatic heterocycles. The first-order chi connectivity index (χ1) is 9.80. The molecular weight excluding hydrogens is 250 g/mol. The van der Waals surface area contributed by atoms with Gasteiger partial charge in [-0.25, -0.2) is 15.0 Å². The van der Waals surface area contributed by atoms with Gasteiger partial charge in [0.25, 0.3) is 0 Å². The van der Waals surface area contributed by atoms with E-state index in [1.54, 1.807) is 6.33 Å². The quantitative estimate of drug-likeness (QED) is 0.842. The molecule has 108 valence electrons. The highest BCUT2D eigenvalue weighted by molar-refractivity contribution is 5.46. The van der Waals surface area contributed by atoms with Crippen molar-refractivity contribution in [2.45, 2.75) is 46.1 Å². The second kappa shape index (κ2) is 7.03. The van der Waals surface area contributed by atoms with Crippen molar-refractivity contribution in [2.75, 3.05) is 12.4 Å². The maximum atomic E-state index is 4.48. The number of rotatable bonds is 7. The molecule has 20 heavy (non-hydrogen) atoms. The zero-order valence-corrected chi connectivity index (χ0v) is 12.6. The van der Waals surface area contributed by atoms with Crippen LogP contribution in [0.3, 0.4) is 0 Å². The van der Waals surface area contributed by atoms with Crippen molar-refractivity contribution in [2.24, 2.45) is 0 Å². The van der Waals surface area contributed by atoms with Gasteiger partial charge in [0.2, 0.25) is 0 Å². The maximum absolute atomic E-state index is 4.48. The highest BCUT2D eigenvalue weighted by atomic mass is 15.1. The lowest BCUT2D eigenvalue weighted by atomic mass is 10.1. The average molecular weight is 273 g/mol. The molecule has 0 aromatic carbocycles. The third-order valence-electron chi connectivity index (χ3n) is 3.36. The van der Waals surface area contributed by atoms with E-state index < -0.39 is 0 Å². The fourth-order valence-corrected chi connectivity index (χ4v) is 2.43. The normalized spacial score (nSPS) is 10.8. The van der Waals surface area contributed by atoms with Crippen molar-refractivity contribution < 1.29 is 0 Å². The molecule has 0 saturated heterocycles. The Balaban J connectivity index is 2.30. The minimum Gasteiger partial charge on any atom is -0.373 e. The summed E-state index contributed by atoms with van der Waals surface area (Å²) in [6.45, 7) is 5.35. The molecule has 0 aliphatic rings. The predicted molar refractivity (Wildman–Crippen MR) is 80.9 cm³/mol. The van der Waals surface area contributed by atoms with Crippen molar-refractivity contribution in [1.29, 1.82) is 0 Å². The fraction of sp³-hybridized carbons (Fsp3) is 0.533. The summed E-state index contributed by atoms with van der Waals surface area (Å²) < 4.78 is 2.21. The van der Waals surface area contributed by atoms with Crippen LogP contribution in [-0.2, 0) is 19.4 Å². The van der Waals surface area contributed by atoms with Crippen LogP contribution in [0.5, 0.6) is 0 Å². The highest BCUT2D eigenvalue weighted by Gasteiger charge is 2.12. The molecule has 0 atom stereocenters. The molecule has 0 saturated carbocycles. The van der Waals surface area contributed by atoms with E-state index in [0.29, 0.717) is 0 Å². The van der Waals surface area contributed by atoms with Crippen LogP contribution in [0.1, 0.15) is 43.8 Å². The number of nitrogens with zero attached hydrogens (tertiary/aromatic N) is 4. The second-order valence-corrected chi connectivity index (χ2v) is 4.86. The monoisotopic (exact) mass is 273 g/mol. The van der Waals surface area contributed by atoms with Crippen LogP contribution < -0.4 is 5.32 Å². The molecule has 2 aromatic heterocycles. The van der Waals surface area contributed by atoms with Gasteiger partial charge in [-0.05, 0) is 12.8 Å². The van der Waals surface area contributed by atoms with Gasteiger partial charge in [0.15, 0.2) is 0 Å². The van der Waals surface area contributed by atoms with Crippen LogP contribution in [0, 0.1) is 0 Å². The van der Waals surface area contributed by atoms with E-state index in [2.05, 4.69) is 38.7 Å². The second-order valence-electron chi connectivity index (χ2n) is 4.86. The molecule has 1 N–H and O–H groups in total. The molecule has 0 radical (unpaired) electrons. The van der Waals surface area contributed by atoms with Crippen LogP contribution in [0.2, 0.25) is 0 Å². The average Bonchev–Trinajstić information content (AvgIpc) is 2.89. The standard InChI is InChI=1S/C15H23N5/c1-4-6-12-13(18-11-19-15(12)16-3)10-14-17-7-9-20(14)8-5-2/h7,9,11H,4-6,8,10H2,1-3H3,(H,16,18,19). The summed E-state index contributed by atoms with van der Waals surface area (Å²) in [6.07, 6.45) is 9.48. The van der Waals surface area contributed by atoms with E-state index >= 15 is 0 Å². The molecule has 2 rings (SSSR count). The van der Waals surface area contributed by atoms with Gasteiger partial charge in [-0.3, -0.25) is 0 Å². The van der Waals surface area contributed by atoms with Crippen molar-refractivity contribution in [3.63, 3.8) is 0 Å². The van der Waals surface area contributed by atoms with Gasteiger partial charge < -0.3 is 9.88 Å². The van der Waals surface area contributed by atoms with Crippen LogP contribution in [0.15, 0.2) is 18.7 Å². The summed E-state index contributed by atoms with van der Waals surface area (Å²) in [6, 6.07) is 0. The summed E-state index contributed by atoms with van der Waals surface area (Å²) in [5.74, 6) is 2.01. The number of nitrogens with one attached hydrogen (secondary N) is 1. The van der Waals surface area contributed by atoms with Crippen molar-refractivity contribution in [3.8, 4) is 0 Å². The minimum atomic E-state index is 0.763. The minimum absolute atomic E-state index is 0.763. The lowest BCUT2D eigenvalue weighted by Crippen LogP contribution is -2.09. The first kappa shape index (κ1) is 14.5. The van der Waals surface area contributed by atoms with Gasteiger partial charge in [-0.2, -0.15) is 0 Å². The van der Waals surface area contributed by atoms with E-state index in [9.17, 15) is 0 Å². The Morgan fingerprint density at radius 2 is 2.00 bits per heavy atom. The molecule has 5 heteroatoms. The Kier molecular flexibility index (Phi) is 5.09. The predicted octanol–water partition coefficient (Wildman–Crippen LogP) is 2.67. The molecule has 2 aromatic rings. The Bertz CT molecular complexity index is 547. The first-order valence-electron chi connectivity index (χ1n) is 7.30. The molecule has 2 heterocycles. The molecule has 0 fully saturated rings. The molecule has 0 spiro atoms. The first-order valence-corrected chi connectivity index (χ1v) is 7.30. The largest absolute Gasteiger partial charge is 0.373 e. The summed E-state index contributed by atoms with van der Waals surface area (Å²) in [5, 5.41) is 3.16. The van der Waals surface area contributed by atoms with Gasteiger partial charge in [-0.15, -0.1) is 0 Å². The number of anilines is 1. The topological polar surface area (TPSA) is 55.6 Å². The van der Waals surface area contributed by atoms with Crippen molar-refractivity contribution in [1.82, 2.24) is 19.5 Å². The number of aryl methyl sites for hydroxylation is 1. The maximum Gasteiger partial charge on any atom is 0.132 e. The Morgan fingerprint density at radius 3 is 2.70 bits per heavy atom. The molecule has 0 aliphatic carbocycles. The summed E-state index contributed by atoms with van der Waals surface area (Å²) >= 11 is 0. The zero-order chi connectivity index (χ0) is 14.4. The van der Waals surface area contributed by atoms with Gasteiger partial charge >= 0.3 is 0 Å². The van der Waals surface area contributed by atoms with Gasteiger partial charge in [0, 0.05) is 38.0 Å². The van der Waals surface area contributed by atoms with E-state index in [4.69, 9.17) is 0 Å². The summed E-state index contributed by atoms with van der Waals surface area (Å²) in [7, 11) is 1.91. The van der Waals surface area contributed by atoms with Gasteiger partial charge in [-0.1, -0.05) is 20.3 Å². The Labute approximate surface area is 120 Å². The third-order valence-corrected chi connectivity index (χ3v) is 3.36. The number of aromatic nitrogens is 4. The highest BCUT2D eigenvalue weighted by Crippen LogP contribution is 2.19. The van der Waals surface area contributed by atoms with E-state index in [1.165, 1.54) is 5.56 Å². The van der Waals surface area contributed by atoms with Gasteiger partial charge in [0.1, 0.15) is 18.0 Å².